The van der Waals surface area contributed by atoms with Gasteiger partial charge < -0.3 is 9.84 Å². The van der Waals surface area contributed by atoms with Gasteiger partial charge in [0.05, 0.1) is 12.2 Å². The van der Waals surface area contributed by atoms with Gasteiger partial charge in [-0.1, -0.05) is 12.1 Å². The normalized spacial score (nSPS) is 17.6. The minimum absolute atomic E-state index is 0.0977. The van der Waals surface area contributed by atoms with Crippen LogP contribution < -0.4 is 5.32 Å². The fraction of sp³-hybridized carbons (Fsp3) is 0.611. The Hall–Kier alpha value is -2.20. The lowest BCUT2D eigenvalue weighted by atomic mass is 9.97. The van der Waals surface area contributed by atoms with E-state index in [1.165, 1.54) is 4.31 Å². The van der Waals surface area contributed by atoms with Crippen LogP contribution in [0, 0.1) is 19.8 Å². The molecule has 0 aromatic carbocycles. The highest BCUT2D eigenvalue weighted by Gasteiger charge is 2.35. The van der Waals surface area contributed by atoms with Crippen molar-refractivity contribution >= 4 is 21.7 Å². The number of piperidine rings is 1. The summed E-state index contributed by atoms with van der Waals surface area (Å²) in [6.07, 6.45) is 3.50. The number of nitrogens with one attached hydrogen (secondary N) is 1. The van der Waals surface area contributed by atoms with E-state index in [0.29, 0.717) is 24.4 Å². The Bertz CT molecular complexity index is 922. The lowest BCUT2D eigenvalue weighted by Gasteiger charge is -2.30. The summed E-state index contributed by atoms with van der Waals surface area (Å²) in [5, 5.41) is 11.0. The number of nitrogens with zero attached hydrogens (tertiary/aromatic N) is 4. The maximum atomic E-state index is 12.9. The van der Waals surface area contributed by atoms with Gasteiger partial charge in [0.1, 0.15) is 16.4 Å². The zero-order valence-electron chi connectivity index (χ0n) is 16.7. The van der Waals surface area contributed by atoms with Crippen molar-refractivity contribution in [2.75, 3.05) is 18.4 Å². The van der Waals surface area contributed by atoms with Crippen LogP contribution in [-0.2, 0) is 14.8 Å². The number of anilines is 1. The van der Waals surface area contributed by atoms with Crippen molar-refractivity contribution in [1.29, 1.82) is 0 Å². The molecule has 1 N–H and O–H groups in total. The third kappa shape index (κ3) is 3.83. The smallest absolute Gasteiger partial charge is 0.248 e. The summed E-state index contributed by atoms with van der Waals surface area (Å²) < 4.78 is 34.0. The Labute approximate surface area is 165 Å². The third-order valence-electron chi connectivity index (χ3n) is 5.32. The van der Waals surface area contributed by atoms with Gasteiger partial charge in [-0.25, -0.2) is 13.1 Å². The number of amides is 1. The summed E-state index contributed by atoms with van der Waals surface area (Å²) in [6, 6.07) is 1.97. The van der Waals surface area contributed by atoms with E-state index in [2.05, 4.69) is 22.5 Å². The van der Waals surface area contributed by atoms with Crippen LogP contribution in [0.4, 0.5) is 5.82 Å². The largest absolute Gasteiger partial charge is 0.360 e. The quantitative estimate of drug-likeness (QED) is 0.785. The van der Waals surface area contributed by atoms with E-state index >= 15 is 0 Å². The highest BCUT2D eigenvalue weighted by molar-refractivity contribution is 7.89. The van der Waals surface area contributed by atoms with Gasteiger partial charge in [0.25, 0.3) is 0 Å². The standard InChI is InChI=1S/C18H27N5O4S/c1-5-12(2)23-16(6-9-19-23)20-18(24)15-7-10-22(11-8-15)28(25,26)17-13(3)21-27-14(17)4/h6,9,12,15H,5,7-8,10-11H2,1-4H3,(H,20,24). The van der Waals surface area contributed by atoms with E-state index in [0.717, 1.165) is 6.42 Å². The van der Waals surface area contributed by atoms with Gasteiger partial charge in [-0.05, 0) is 40.0 Å². The molecule has 154 valence electrons. The number of carbonyl (C=O) groups is 1. The van der Waals surface area contributed by atoms with Crippen molar-refractivity contribution in [3.05, 3.63) is 23.7 Å². The minimum atomic E-state index is -3.67. The highest BCUT2D eigenvalue weighted by Crippen LogP contribution is 2.28. The molecule has 2 aromatic heterocycles. The Morgan fingerprint density at radius 2 is 2.04 bits per heavy atom. The molecule has 0 spiro atoms. The molecule has 1 aliphatic rings. The Kier molecular flexibility index (Phi) is 5.90. The van der Waals surface area contributed by atoms with Crippen molar-refractivity contribution < 1.29 is 17.7 Å². The number of aryl methyl sites for hydroxylation is 2. The van der Waals surface area contributed by atoms with Gasteiger partial charge in [0.15, 0.2) is 5.76 Å². The van der Waals surface area contributed by atoms with E-state index in [9.17, 15) is 13.2 Å². The summed E-state index contributed by atoms with van der Waals surface area (Å²) in [5.74, 6) is 0.622. The predicted octanol–water partition coefficient (Wildman–Crippen LogP) is 2.50. The number of aromatic nitrogens is 3. The molecule has 0 bridgehead atoms. The van der Waals surface area contributed by atoms with Crippen LogP contribution in [-0.4, -0.2) is 46.7 Å². The fourth-order valence-corrected chi connectivity index (χ4v) is 5.26. The molecule has 1 atom stereocenters. The van der Waals surface area contributed by atoms with Gasteiger partial charge in [-0.2, -0.15) is 9.40 Å². The Balaban J connectivity index is 1.64. The van der Waals surface area contributed by atoms with Crippen LogP contribution in [0.25, 0.3) is 0 Å². The molecular formula is C18H27N5O4S. The highest BCUT2D eigenvalue weighted by atomic mass is 32.2. The number of hydrogen-bond acceptors (Lipinski definition) is 6. The van der Waals surface area contributed by atoms with Crippen molar-refractivity contribution in [3.63, 3.8) is 0 Å². The summed E-state index contributed by atoms with van der Waals surface area (Å²) in [5.41, 5.74) is 0.357. The molecule has 3 heterocycles. The van der Waals surface area contributed by atoms with E-state index in [-0.39, 0.29) is 41.6 Å². The third-order valence-corrected chi connectivity index (χ3v) is 7.46. The Morgan fingerprint density at radius 1 is 1.36 bits per heavy atom. The van der Waals surface area contributed by atoms with Crippen LogP contribution in [0.3, 0.4) is 0 Å². The molecule has 9 nitrogen and oxygen atoms in total. The van der Waals surface area contributed by atoms with Crippen molar-refractivity contribution in [2.45, 2.75) is 57.9 Å². The molecule has 3 rings (SSSR count). The molecule has 1 aliphatic heterocycles. The first-order chi connectivity index (χ1) is 13.3. The summed E-state index contributed by atoms with van der Waals surface area (Å²) >= 11 is 0. The van der Waals surface area contributed by atoms with Crippen LogP contribution in [0.15, 0.2) is 21.7 Å². The average Bonchev–Trinajstić information content (AvgIpc) is 3.27. The molecule has 1 unspecified atom stereocenters. The second kappa shape index (κ2) is 8.04. The van der Waals surface area contributed by atoms with Crippen LogP contribution >= 0.6 is 0 Å². The molecule has 0 radical (unpaired) electrons. The van der Waals surface area contributed by atoms with E-state index < -0.39 is 10.0 Å². The SMILES string of the molecule is CCC(C)n1nccc1NC(=O)C1CCN(S(=O)(=O)c2c(C)noc2C)CC1. The molecule has 0 saturated carbocycles. The lowest BCUT2D eigenvalue weighted by Crippen LogP contribution is -2.41. The molecule has 1 saturated heterocycles. The van der Waals surface area contributed by atoms with Crippen molar-refractivity contribution in [2.24, 2.45) is 5.92 Å². The van der Waals surface area contributed by atoms with Crippen LogP contribution in [0.1, 0.15) is 50.6 Å². The number of rotatable bonds is 6. The number of hydrogen-bond donors (Lipinski definition) is 1. The second-order valence-electron chi connectivity index (χ2n) is 7.24. The zero-order chi connectivity index (χ0) is 20.5. The first kappa shape index (κ1) is 20.5. The maximum Gasteiger partial charge on any atom is 0.248 e. The number of carbonyl (C=O) groups excluding carboxylic acids is 1. The van der Waals surface area contributed by atoms with E-state index in [1.807, 2.05) is 6.92 Å². The van der Waals surface area contributed by atoms with Gasteiger partial charge in [-0.3, -0.25) is 4.79 Å². The van der Waals surface area contributed by atoms with Crippen LogP contribution in [0.2, 0.25) is 0 Å². The summed E-state index contributed by atoms with van der Waals surface area (Å²) in [4.78, 5) is 12.8. The molecule has 2 aromatic rings. The van der Waals surface area contributed by atoms with Crippen LogP contribution in [0.5, 0.6) is 0 Å². The molecule has 10 heteroatoms. The van der Waals surface area contributed by atoms with E-state index in [1.54, 1.807) is 30.8 Å². The Morgan fingerprint density at radius 3 is 2.61 bits per heavy atom. The molecule has 28 heavy (non-hydrogen) atoms. The molecule has 1 fully saturated rings. The first-order valence-electron chi connectivity index (χ1n) is 9.53. The van der Waals surface area contributed by atoms with Crippen molar-refractivity contribution in [3.8, 4) is 0 Å². The lowest BCUT2D eigenvalue weighted by molar-refractivity contribution is -0.121. The first-order valence-corrected chi connectivity index (χ1v) is 11.0. The average molecular weight is 410 g/mol. The van der Waals surface area contributed by atoms with Gasteiger partial charge >= 0.3 is 0 Å². The molecule has 0 aliphatic carbocycles. The molecular weight excluding hydrogens is 382 g/mol. The van der Waals surface area contributed by atoms with Gasteiger partial charge in [-0.15, -0.1) is 0 Å². The topological polar surface area (TPSA) is 110 Å². The van der Waals surface area contributed by atoms with Gasteiger partial charge in [0.2, 0.25) is 15.9 Å². The van der Waals surface area contributed by atoms with Crippen molar-refractivity contribution in [1.82, 2.24) is 19.2 Å². The summed E-state index contributed by atoms with van der Waals surface area (Å²) in [6.45, 7) is 7.88. The fourth-order valence-electron chi connectivity index (χ4n) is 3.50. The zero-order valence-corrected chi connectivity index (χ0v) is 17.5. The summed E-state index contributed by atoms with van der Waals surface area (Å²) in [7, 11) is -3.67. The van der Waals surface area contributed by atoms with Gasteiger partial charge in [0, 0.05) is 25.1 Å². The number of sulfonamides is 1. The molecule has 1 amide bonds. The van der Waals surface area contributed by atoms with E-state index in [4.69, 9.17) is 4.52 Å². The minimum Gasteiger partial charge on any atom is -0.360 e. The predicted molar refractivity (Wildman–Crippen MR) is 103 cm³/mol. The second-order valence-corrected chi connectivity index (χ2v) is 9.11. The maximum absolute atomic E-state index is 12.9. The monoisotopic (exact) mass is 409 g/mol.